The number of morpholine rings is 1. The van der Waals surface area contributed by atoms with Crippen LogP contribution in [0, 0.1) is 6.92 Å². The number of hydrogen-bond donors (Lipinski definition) is 1. The number of rotatable bonds is 4. The van der Waals surface area contributed by atoms with Crippen LogP contribution in [0.2, 0.25) is 0 Å². The second-order valence-corrected chi connectivity index (χ2v) is 5.18. The molecule has 1 aliphatic rings. The Morgan fingerprint density at radius 1 is 1.53 bits per heavy atom. The van der Waals surface area contributed by atoms with Gasteiger partial charge in [0.2, 0.25) is 0 Å². The summed E-state index contributed by atoms with van der Waals surface area (Å²) in [5.74, 6) is 0.749. The minimum atomic E-state index is -0.532. The minimum Gasteiger partial charge on any atom is -0.496 e. The molecule has 2 unspecified atom stereocenters. The van der Waals surface area contributed by atoms with Gasteiger partial charge in [-0.1, -0.05) is 11.6 Å². The van der Waals surface area contributed by atoms with Crippen LogP contribution in [0.4, 0.5) is 0 Å². The Balaban J connectivity index is 2.10. The predicted molar refractivity (Wildman–Crippen MR) is 74.5 cm³/mol. The maximum absolute atomic E-state index is 10.5. The molecule has 1 fully saturated rings. The second kappa shape index (κ2) is 6.37. The van der Waals surface area contributed by atoms with Gasteiger partial charge < -0.3 is 14.6 Å². The van der Waals surface area contributed by atoms with Crippen molar-refractivity contribution in [3.8, 4) is 5.75 Å². The van der Waals surface area contributed by atoms with Gasteiger partial charge in [-0.2, -0.15) is 0 Å². The van der Waals surface area contributed by atoms with E-state index < -0.39 is 6.10 Å². The zero-order valence-electron chi connectivity index (χ0n) is 11.9. The van der Waals surface area contributed by atoms with Crippen molar-refractivity contribution in [2.24, 2.45) is 0 Å². The summed E-state index contributed by atoms with van der Waals surface area (Å²) in [4.78, 5) is 2.26. The summed E-state index contributed by atoms with van der Waals surface area (Å²) in [7, 11) is 1.64. The summed E-state index contributed by atoms with van der Waals surface area (Å²) in [5.41, 5.74) is 1.99. The Morgan fingerprint density at radius 3 is 3.00 bits per heavy atom. The lowest BCUT2D eigenvalue weighted by Gasteiger charge is -2.34. The summed E-state index contributed by atoms with van der Waals surface area (Å²) < 4.78 is 10.7. The first-order valence-electron chi connectivity index (χ1n) is 6.76. The molecule has 0 spiro atoms. The molecule has 1 aliphatic heterocycles. The number of aryl methyl sites for hydroxylation is 1. The molecular formula is C15H23NO3. The van der Waals surface area contributed by atoms with E-state index in [9.17, 15) is 5.11 Å². The van der Waals surface area contributed by atoms with E-state index in [1.165, 1.54) is 0 Å². The first-order valence-corrected chi connectivity index (χ1v) is 6.76. The van der Waals surface area contributed by atoms with Gasteiger partial charge >= 0.3 is 0 Å². The van der Waals surface area contributed by atoms with Crippen molar-refractivity contribution in [2.75, 3.05) is 33.4 Å². The van der Waals surface area contributed by atoms with Crippen molar-refractivity contribution >= 4 is 0 Å². The summed E-state index contributed by atoms with van der Waals surface area (Å²) >= 11 is 0. The molecule has 106 valence electrons. The van der Waals surface area contributed by atoms with Crippen molar-refractivity contribution in [1.82, 2.24) is 4.90 Å². The Labute approximate surface area is 114 Å². The van der Waals surface area contributed by atoms with E-state index in [2.05, 4.69) is 11.8 Å². The van der Waals surface area contributed by atoms with Crippen molar-refractivity contribution in [2.45, 2.75) is 26.0 Å². The van der Waals surface area contributed by atoms with Crippen molar-refractivity contribution in [1.29, 1.82) is 0 Å². The maximum Gasteiger partial charge on any atom is 0.124 e. The number of aliphatic hydroxyl groups is 1. The molecule has 2 atom stereocenters. The van der Waals surface area contributed by atoms with Crippen LogP contribution in [0.25, 0.3) is 0 Å². The van der Waals surface area contributed by atoms with E-state index in [0.29, 0.717) is 12.6 Å². The third kappa shape index (κ3) is 3.47. The van der Waals surface area contributed by atoms with Gasteiger partial charge in [-0.15, -0.1) is 0 Å². The molecule has 4 nitrogen and oxygen atoms in total. The smallest absolute Gasteiger partial charge is 0.124 e. The number of ether oxygens (including phenoxy) is 2. The monoisotopic (exact) mass is 265 g/mol. The van der Waals surface area contributed by atoms with Crippen LogP contribution < -0.4 is 4.74 Å². The molecule has 2 rings (SSSR count). The molecule has 1 aromatic carbocycles. The number of hydrogen-bond acceptors (Lipinski definition) is 4. The van der Waals surface area contributed by atoms with Gasteiger partial charge in [0.25, 0.3) is 0 Å². The normalized spacial score (nSPS) is 22.2. The van der Waals surface area contributed by atoms with E-state index >= 15 is 0 Å². The molecule has 0 saturated carbocycles. The van der Waals surface area contributed by atoms with Gasteiger partial charge in [0.1, 0.15) is 5.75 Å². The van der Waals surface area contributed by atoms with Gasteiger partial charge in [-0.25, -0.2) is 0 Å². The van der Waals surface area contributed by atoms with Gasteiger partial charge in [-0.05, 0) is 26.0 Å². The standard InChI is InChI=1S/C15H23NO3/c1-11-4-5-15(18-3)13(8-11)14(17)9-16-6-7-19-10-12(16)2/h4-5,8,12,14,17H,6-7,9-10H2,1-3H3. The topological polar surface area (TPSA) is 41.9 Å². The molecule has 0 bridgehead atoms. The van der Waals surface area contributed by atoms with Crippen molar-refractivity contribution in [3.63, 3.8) is 0 Å². The summed E-state index contributed by atoms with van der Waals surface area (Å²) in [6, 6.07) is 6.25. The average molecular weight is 265 g/mol. The maximum atomic E-state index is 10.5. The fourth-order valence-electron chi connectivity index (χ4n) is 2.47. The highest BCUT2D eigenvalue weighted by molar-refractivity contribution is 5.38. The largest absolute Gasteiger partial charge is 0.496 e. The quantitative estimate of drug-likeness (QED) is 0.900. The predicted octanol–water partition coefficient (Wildman–Crippen LogP) is 1.76. The fourth-order valence-corrected chi connectivity index (χ4v) is 2.47. The number of methoxy groups -OCH3 is 1. The summed E-state index contributed by atoms with van der Waals surface area (Å²) in [5, 5.41) is 10.5. The Bertz CT molecular complexity index is 422. The third-order valence-corrected chi connectivity index (χ3v) is 3.66. The van der Waals surface area contributed by atoms with Crippen LogP contribution >= 0.6 is 0 Å². The fraction of sp³-hybridized carbons (Fsp3) is 0.600. The minimum absolute atomic E-state index is 0.346. The Hall–Kier alpha value is -1.10. The number of aliphatic hydroxyl groups excluding tert-OH is 1. The third-order valence-electron chi connectivity index (χ3n) is 3.66. The van der Waals surface area contributed by atoms with E-state index in [0.717, 1.165) is 36.6 Å². The van der Waals surface area contributed by atoms with E-state index in [1.807, 2.05) is 25.1 Å². The van der Waals surface area contributed by atoms with Crippen LogP contribution in [0.15, 0.2) is 18.2 Å². The number of benzene rings is 1. The van der Waals surface area contributed by atoms with E-state index in [4.69, 9.17) is 9.47 Å². The Kier molecular flexibility index (Phi) is 4.80. The molecular weight excluding hydrogens is 242 g/mol. The molecule has 1 aromatic rings. The second-order valence-electron chi connectivity index (χ2n) is 5.18. The molecule has 0 radical (unpaired) electrons. The molecule has 1 saturated heterocycles. The molecule has 0 amide bonds. The SMILES string of the molecule is COc1ccc(C)cc1C(O)CN1CCOCC1C. The van der Waals surface area contributed by atoms with Crippen molar-refractivity contribution < 1.29 is 14.6 Å². The van der Waals surface area contributed by atoms with Gasteiger partial charge in [0.15, 0.2) is 0 Å². The summed E-state index contributed by atoms with van der Waals surface area (Å²) in [6.45, 7) is 7.10. The van der Waals surface area contributed by atoms with Gasteiger partial charge in [0, 0.05) is 24.7 Å². The van der Waals surface area contributed by atoms with Crippen LogP contribution in [0.3, 0.4) is 0 Å². The van der Waals surface area contributed by atoms with Crippen LogP contribution in [-0.2, 0) is 4.74 Å². The van der Waals surface area contributed by atoms with Gasteiger partial charge in [-0.3, -0.25) is 4.90 Å². The van der Waals surface area contributed by atoms with E-state index in [1.54, 1.807) is 7.11 Å². The molecule has 0 aromatic heterocycles. The van der Waals surface area contributed by atoms with Crippen LogP contribution in [0.1, 0.15) is 24.2 Å². The zero-order chi connectivity index (χ0) is 13.8. The lowest BCUT2D eigenvalue weighted by molar-refractivity contribution is -0.0205. The van der Waals surface area contributed by atoms with Gasteiger partial charge in [0.05, 0.1) is 26.4 Å². The zero-order valence-corrected chi connectivity index (χ0v) is 11.9. The first kappa shape index (κ1) is 14.3. The highest BCUT2D eigenvalue weighted by atomic mass is 16.5. The highest BCUT2D eigenvalue weighted by Crippen LogP contribution is 2.27. The summed E-state index contributed by atoms with van der Waals surface area (Å²) in [6.07, 6.45) is -0.532. The molecule has 0 aliphatic carbocycles. The lowest BCUT2D eigenvalue weighted by atomic mass is 10.0. The van der Waals surface area contributed by atoms with Crippen LogP contribution in [0.5, 0.6) is 5.75 Å². The van der Waals surface area contributed by atoms with Crippen LogP contribution in [-0.4, -0.2) is 49.5 Å². The number of nitrogens with zero attached hydrogens (tertiary/aromatic N) is 1. The molecule has 1 heterocycles. The lowest BCUT2D eigenvalue weighted by Crippen LogP contribution is -2.45. The average Bonchev–Trinajstić information content (AvgIpc) is 2.41. The number of β-amino-alcohol motifs (C(OH)–C–C–N with tert-alkyl or cyclic N) is 1. The molecule has 1 N–H and O–H groups in total. The highest BCUT2D eigenvalue weighted by Gasteiger charge is 2.23. The first-order chi connectivity index (χ1) is 9.11. The van der Waals surface area contributed by atoms with E-state index in [-0.39, 0.29) is 0 Å². The molecule has 4 heteroatoms. The van der Waals surface area contributed by atoms with Crippen molar-refractivity contribution in [3.05, 3.63) is 29.3 Å². The molecule has 19 heavy (non-hydrogen) atoms. The Morgan fingerprint density at radius 2 is 2.32 bits per heavy atom.